The van der Waals surface area contributed by atoms with Gasteiger partial charge in [0.2, 0.25) is 0 Å². The molecule has 10 heteroatoms. The van der Waals surface area contributed by atoms with E-state index < -0.39 is 12.1 Å². The predicted octanol–water partition coefficient (Wildman–Crippen LogP) is 2.38. The highest BCUT2D eigenvalue weighted by molar-refractivity contribution is 5.73. The van der Waals surface area contributed by atoms with Gasteiger partial charge in [0.1, 0.15) is 5.76 Å². The summed E-state index contributed by atoms with van der Waals surface area (Å²) in [6.45, 7) is 7.33. The molecule has 0 bridgehead atoms. The molecule has 1 aliphatic carbocycles. The van der Waals surface area contributed by atoms with Crippen LogP contribution in [0.25, 0.3) is 0 Å². The lowest BCUT2D eigenvalue weighted by Gasteiger charge is -2.38. The van der Waals surface area contributed by atoms with Crippen LogP contribution in [0.5, 0.6) is 0 Å². The normalized spacial score (nSPS) is 26.1. The second-order valence-electron chi connectivity index (χ2n) is 6.18. The van der Waals surface area contributed by atoms with Gasteiger partial charge in [0, 0.05) is 31.8 Å². The number of ether oxygens (including phenoxy) is 2. The summed E-state index contributed by atoms with van der Waals surface area (Å²) in [5, 5.41) is 11.2. The van der Waals surface area contributed by atoms with Crippen LogP contribution in [0.3, 0.4) is 0 Å². The highest BCUT2D eigenvalue weighted by atomic mass is 19.4. The van der Waals surface area contributed by atoms with E-state index in [2.05, 4.69) is 10.1 Å². The topological polar surface area (TPSA) is 85.0 Å². The molecular weight excluding hydrogens is 357 g/mol. The molecule has 0 aromatic carbocycles. The molecule has 1 aromatic heterocycles. The van der Waals surface area contributed by atoms with Crippen LogP contribution in [0.2, 0.25) is 0 Å². The molecule has 3 atom stereocenters. The van der Waals surface area contributed by atoms with Gasteiger partial charge in [0.15, 0.2) is 0 Å². The van der Waals surface area contributed by atoms with Crippen molar-refractivity contribution >= 4 is 5.97 Å². The summed E-state index contributed by atoms with van der Waals surface area (Å²) in [6.07, 6.45) is -2.36. The Balaban J connectivity index is 0.000000298. The second-order valence-corrected chi connectivity index (χ2v) is 6.18. The van der Waals surface area contributed by atoms with Crippen molar-refractivity contribution in [1.82, 2.24) is 10.1 Å². The van der Waals surface area contributed by atoms with Crippen LogP contribution in [0.1, 0.15) is 31.2 Å². The first-order valence-electron chi connectivity index (χ1n) is 8.42. The monoisotopic (exact) mass is 380 g/mol. The van der Waals surface area contributed by atoms with Gasteiger partial charge in [-0.05, 0) is 26.7 Å². The maximum atomic E-state index is 10.6. The first-order valence-corrected chi connectivity index (χ1v) is 8.42. The van der Waals surface area contributed by atoms with Crippen LogP contribution in [0.4, 0.5) is 13.2 Å². The zero-order valence-corrected chi connectivity index (χ0v) is 14.7. The van der Waals surface area contributed by atoms with Crippen LogP contribution in [0.15, 0.2) is 10.6 Å². The molecule has 2 heterocycles. The largest absolute Gasteiger partial charge is 0.490 e. The number of halogens is 3. The number of carbonyl (C=O) groups is 1. The van der Waals surface area contributed by atoms with Gasteiger partial charge < -0.3 is 19.1 Å². The molecule has 1 N–H and O–H groups in total. The molecule has 0 unspecified atom stereocenters. The molecule has 2 aliphatic rings. The van der Waals surface area contributed by atoms with Crippen LogP contribution in [0, 0.1) is 6.92 Å². The summed E-state index contributed by atoms with van der Waals surface area (Å²) < 4.78 is 48.6. The van der Waals surface area contributed by atoms with Gasteiger partial charge in [-0.3, -0.25) is 4.90 Å². The minimum atomic E-state index is -5.08. The van der Waals surface area contributed by atoms with E-state index in [4.69, 9.17) is 23.9 Å². The molecular formula is C16H23F3N2O5. The number of aliphatic carboxylic acids is 1. The van der Waals surface area contributed by atoms with Gasteiger partial charge in [-0.1, -0.05) is 5.16 Å². The number of hydrogen-bond acceptors (Lipinski definition) is 6. The van der Waals surface area contributed by atoms with Crippen molar-refractivity contribution in [1.29, 1.82) is 0 Å². The van der Waals surface area contributed by atoms with Crippen LogP contribution < -0.4 is 0 Å². The molecule has 1 aliphatic heterocycles. The molecule has 1 aromatic rings. The maximum absolute atomic E-state index is 10.6. The smallest absolute Gasteiger partial charge is 0.475 e. The summed E-state index contributed by atoms with van der Waals surface area (Å²) in [5.74, 6) is -1.88. The van der Waals surface area contributed by atoms with Crippen molar-refractivity contribution in [2.75, 3.05) is 19.8 Å². The third-order valence-electron chi connectivity index (χ3n) is 4.32. The first kappa shape index (κ1) is 20.7. The average molecular weight is 380 g/mol. The van der Waals surface area contributed by atoms with Gasteiger partial charge in [-0.15, -0.1) is 0 Å². The third kappa shape index (κ3) is 5.42. The molecule has 0 radical (unpaired) electrons. The number of aryl methyl sites for hydroxylation is 1. The molecule has 7 nitrogen and oxygen atoms in total. The molecule has 0 amide bonds. The van der Waals surface area contributed by atoms with Crippen molar-refractivity contribution in [2.45, 2.75) is 57.7 Å². The highest BCUT2D eigenvalue weighted by Gasteiger charge is 2.43. The maximum Gasteiger partial charge on any atom is 0.490 e. The fourth-order valence-electron chi connectivity index (χ4n) is 3.28. The Morgan fingerprint density at radius 3 is 2.69 bits per heavy atom. The van der Waals surface area contributed by atoms with Gasteiger partial charge in [-0.2, -0.15) is 13.2 Å². The molecule has 0 spiro atoms. The van der Waals surface area contributed by atoms with E-state index in [1.165, 1.54) is 0 Å². The van der Waals surface area contributed by atoms with E-state index in [-0.39, 0.29) is 12.2 Å². The Morgan fingerprint density at radius 2 is 2.15 bits per heavy atom. The summed E-state index contributed by atoms with van der Waals surface area (Å²) in [7, 11) is 0. The summed E-state index contributed by atoms with van der Waals surface area (Å²) in [4.78, 5) is 11.4. The fourth-order valence-corrected chi connectivity index (χ4v) is 3.28. The molecule has 2 fully saturated rings. The Kier molecular flexibility index (Phi) is 7.01. The molecule has 3 rings (SSSR count). The lowest BCUT2D eigenvalue weighted by molar-refractivity contribution is -0.192. The number of hydrogen-bond donors (Lipinski definition) is 1. The van der Waals surface area contributed by atoms with E-state index in [0.29, 0.717) is 6.04 Å². The van der Waals surface area contributed by atoms with Crippen molar-refractivity contribution < 1.29 is 37.1 Å². The fraction of sp³-hybridized carbons (Fsp3) is 0.750. The van der Waals surface area contributed by atoms with E-state index in [9.17, 15) is 13.2 Å². The number of carboxylic acid groups (broad SMARTS) is 1. The lowest BCUT2D eigenvalue weighted by atomic mass is 10.1. The van der Waals surface area contributed by atoms with Crippen LogP contribution in [-0.2, 0) is 20.8 Å². The number of aromatic nitrogens is 1. The Morgan fingerprint density at radius 1 is 1.46 bits per heavy atom. The number of nitrogens with zero attached hydrogens (tertiary/aromatic N) is 2. The highest BCUT2D eigenvalue weighted by Crippen LogP contribution is 2.32. The van der Waals surface area contributed by atoms with Crippen LogP contribution >= 0.6 is 0 Å². The summed E-state index contributed by atoms with van der Waals surface area (Å²) >= 11 is 0. The average Bonchev–Trinajstić information content (AvgIpc) is 3.15. The molecule has 26 heavy (non-hydrogen) atoms. The Labute approximate surface area is 149 Å². The standard InChI is InChI=1S/C14H22N2O3.C2HF3O2/c1-3-17-13-5-4-12-14(13)18-7-6-16(12)9-11-8-10(2)19-15-11;3-2(4,5)1(6)7/h8,12-14H,3-7,9H2,1-2H3;(H,6,7)/t12-,13+,14+;/m0./s1. The van der Waals surface area contributed by atoms with Crippen molar-refractivity contribution in [3.8, 4) is 0 Å². The number of fused-ring (bicyclic) bond motifs is 1. The molecule has 148 valence electrons. The summed E-state index contributed by atoms with van der Waals surface area (Å²) in [6, 6.07) is 2.47. The van der Waals surface area contributed by atoms with Crippen molar-refractivity contribution in [3.63, 3.8) is 0 Å². The number of morpholine rings is 1. The van der Waals surface area contributed by atoms with Crippen LogP contribution in [-0.4, -0.2) is 65.3 Å². The number of rotatable bonds is 4. The van der Waals surface area contributed by atoms with E-state index in [1.54, 1.807) is 0 Å². The zero-order chi connectivity index (χ0) is 19.3. The number of alkyl halides is 3. The van der Waals surface area contributed by atoms with Gasteiger partial charge in [0.05, 0.1) is 24.5 Å². The van der Waals surface area contributed by atoms with Gasteiger partial charge in [0.25, 0.3) is 0 Å². The first-order chi connectivity index (χ1) is 12.2. The predicted molar refractivity (Wildman–Crippen MR) is 83.5 cm³/mol. The van der Waals surface area contributed by atoms with Gasteiger partial charge in [-0.25, -0.2) is 4.79 Å². The van der Waals surface area contributed by atoms with Gasteiger partial charge >= 0.3 is 12.1 Å². The second kappa shape index (κ2) is 8.83. The van der Waals surface area contributed by atoms with E-state index in [0.717, 1.165) is 50.6 Å². The number of carboxylic acids is 1. The van der Waals surface area contributed by atoms with Crippen molar-refractivity contribution in [2.24, 2.45) is 0 Å². The summed E-state index contributed by atoms with van der Waals surface area (Å²) in [5.41, 5.74) is 1.01. The Bertz CT molecular complexity index is 593. The third-order valence-corrected chi connectivity index (χ3v) is 4.32. The van der Waals surface area contributed by atoms with Crippen molar-refractivity contribution in [3.05, 3.63) is 17.5 Å². The zero-order valence-electron chi connectivity index (χ0n) is 14.7. The lowest BCUT2D eigenvalue weighted by Crippen LogP contribution is -2.51. The SMILES string of the molecule is CCO[C@@H]1CC[C@H]2[C@H]1OCCN2Cc1cc(C)on1.O=C(O)C(F)(F)F. The van der Waals surface area contributed by atoms with E-state index >= 15 is 0 Å². The molecule has 1 saturated heterocycles. The molecule has 1 saturated carbocycles. The minimum absolute atomic E-state index is 0.224. The Hall–Kier alpha value is -1.65. The minimum Gasteiger partial charge on any atom is -0.475 e. The quantitative estimate of drug-likeness (QED) is 0.858. The van der Waals surface area contributed by atoms with E-state index in [1.807, 2.05) is 19.9 Å².